The SMILES string of the molecule is CCOC1CC(N(C)c2nc(Cl)c(C(=O)OC)s2)C12CCC2. The molecule has 0 saturated heterocycles. The lowest BCUT2D eigenvalue weighted by Gasteiger charge is -2.63. The molecule has 1 aromatic heterocycles. The molecule has 1 aromatic rings. The van der Waals surface area contributed by atoms with Crippen LogP contribution in [-0.2, 0) is 9.47 Å². The van der Waals surface area contributed by atoms with Crippen molar-refractivity contribution >= 4 is 34.0 Å². The highest BCUT2D eigenvalue weighted by atomic mass is 35.5. The van der Waals surface area contributed by atoms with Gasteiger partial charge in [-0.3, -0.25) is 0 Å². The molecule has 122 valence electrons. The van der Waals surface area contributed by atoms with Gasteiger partial charge in [0.15, 0.2) is 15.2 Å². The number of hydrogen-bond donors (Lipinski definition) is 0. The number of aromatic nitrogens is 1. The van der Waals surface area contributed by atoms with Gasteiger partial charge in [0, 0.05) is 25.1 Å². The molecule has 2 fully saturated rings. The van der Waals surface area contributed by atoms with E-state index in [0.29, 0.717) is 17.0 Å². The van der Waals surface area contributed by atoms with E-state index in [1.165, 1.54) is 37.7 Å². The van der Waals surface area contributed by atoms with E-state index >= 15 is 0 Å². The van der Waals surface area contributed by atoms with E-state index in [2.05, 4.69) is 9.88 Å². The zero-order chi connectivity index (χ0) is 15.9. The minimum absolute atomic E-state index is 0.224. The van der Waals surface area contributed by atoms with Crippen LogP contribution in [0, 0.1) is 5.41 Å². The number of rotatable bonds is 5. The van der Waals surface area contributed by atoms with Crippen molar-refractivity contribution < 1.29 is 14.3 Å². The number of nitrogens with zero attached hydrogens (tertiary/aromatic N) is 2. The van der Waals surface area contributed by atoms with E-state index in [-0.39, 0.29) is 10.6 Å². The molecule has 3 rings (SSSR count). The van der Waals surface area contributed by atoms with Crippen molar-refractivity contribution in [2.45, 2.75) is 44.8 Å². The highest BCUT2D eigenvalue weighted by Gasteiger charge is 2.60. The largest absolute Gasteiger partial charge is 0.465 e. The van der Waals surface area contributed by atoms with E-state index in [1.54, 1.807) is 0 Å². The average molecular weight is 345 g/mol. The minimum atomic E-state index is -0.429. The number of carbonyl (C=O) groups excluding carboxylic acids is 1. The first kappa shape index (κ1) is 16.0. The Morgan fingerprint density at radius 2 is 2.27 bits per heavy atom. The van der Waals surface area contributed by atoms with Crippen molar-refractivity contribution in [1.82, 2.24) is 4.98 Å². The van der Waals surface area contributed by atoms with Crippen LogP contribution in [0.25, 0.3) is 0 Å². The van der Waals surface area contributed by atoms with E-state index in [9.17, 15) is 4.79 Å². The van der Waals surface area contributed by atoms with Crippen molar-refractivity contribution in [3.8, 4) is 0 Å². The lowest BCUT2D eigenvalue weighted by atomic mass is 9.50. The summed E-state index contributed by atoms with van der Waals surface area (Å²) in [6.45, 7) is 2.81. The molecule has 2 aliphatic carbocycles. The molecule has 0 aromatic carbocycles. The zero-order valence-corrected chi connectivity index (χ0v) is 14.7. The number of ether oxygens (including phenoxy) is 2. The van der Waals surface area contributed by atoms with E-state index < -0.39 is 5.97 Å². The summed E-state index contributed by atoms with van der Waals surface area (Å²) in [5.74, 6) is -0.429. The highest BCUT2D eigenvalue weighted by molar-refractivity contribution is 7.18. The maximum absolute atomic E-state index is 11.7. The molecular weight excluding hydrogens is 324 g/mol. The van der Waals surface area contributed by atoms with Gasteiger partial charge in [0.2, 0.25) is 0 Å². The third-order valence-electron chi connectivity index (χ3n) is 5.11. The van der Waals surface area contributed by atoms with Crippen molar-refractivity contribution in [1.29, 1.82) is 0 Å². The maximum atomic E-state index is 11.7. The van der Waals surface area contributed by atoms with Gasteiger partial charge in [0.05, 0.1) is 13.2 Å². The highest BCUT2D eigenvalue weighted by Crippen LogP contribution is 2.59. The molecule has 2 unspecified atom stereocenters. The second-order valence-electron chi connectivity index (χ2n) is 6.00. The first-order valence-electron chi connectivity index (χ1n) is 7.62. The fourth-order valence-corrected chi connectivity index (χ4v) is 4.95. The van der Waals surface area contributed by atoms with Crippen LogP contribution in [-0.4, -0.2) is 43.9 Å². The lowest BCUT2D eigenvalue weighted by Crippen LogP contribution is -2.67. The predicted octanol–water partition coefficient (Wildman–Crippen LogP) is 3.37. The Bertz CT molecular complexity index is 573. The number of halogens is 1. The maximum Gasteiger partial charge on any atom is 0.351 e. The van der Waals surface area contributed by atoms with Gasteiger partial charge in [-0.1, -0.05) is 29.4 Å². The molecule has 0 N–H and O–H groups in total. The molecule has 0 bridgehead atoms. The van der Waals surface area contributed by atoms with Crippen molar-refractivity contribution in [2.75, 3.05) is 25.7 Å². The molecule has 22 heavy (non-hydrogen) atoms. The number of esters is 1. The van der Waals surface area contributed by atoms with Crippen molar-refractivity contribution in [3.63, 3.8) is 0 Å². The Morgan fingerprint density at radius 1 is 1.55 bits per heavy atom. The van der Waals surface area contributed by atoms with Crippen molar-refractivity contribution in [2.24, 2.45) is 5.41 Å². The fraction of sp³-hybridized carbons (Fsp3) is 0.733. The quantitative estimate of drug-likeness (QED) is 0.766. The molecule has 0 radical (unpaired) electrons. The fourth-order valence-electron chi connectivity index (χ4n) is 3.74. The Kier molecular flexibility index (Phi) is 4.36. The number of hydrogen-bond acceptors (Lipinski definition) is 6. The predicted molar refractivity (Wildman–Crippen MR) is 87.0 cm³/mol. The molecular formula is C15H21ClN2O3S. The number of anilines is 1. The van der Waals surface area contributed by atoms with Crippen LogP contribution >= 0.6 is 22.9 Å². The van der Waals surface area contributed by atoms with Crippen LogP contribution < -0.4 is 4.90 Å². The zero-order valence-electron chi connectivity index (χ0n) is 13.1. The van der Waals surface area contributed by atoms with E-state index in [4.69, 9.17) is 21.1 Å². The third-order valence-corrected chi connectivity index (χ3v) is 6.62. The van der Waals surface area contributed by atoms with Gasteiger partial charge >= 0.3 is 5.97 Å². The summed E-state index contributed by atoms with van der Waals surface area (Å²) in [4.78, 5) is 18.6. The molecule has 7 heteroatoms. The average Bonchev–Trinajstić information content (AvgIpc) is 2.82. The smallest absolute Gasteiger partial charge is 0.351 e. The van der Waals surface area contributed by atoms with E-state index in [1.807, 2.05) is 14.0 Å². The second-order valence-corrected chi connectivity index (χ2v) is 7.34. The molecule has 2 atom stereocenters. The Balaban J connectivity index is 1.77. The summed E-state index contributed by atoms with van der Waals surface area (Å²) in [5.41, 5.74) is 0.258. The molecule has 2 aliphatic rings. The van der Waals surface area contributed by atoms with E-state index in [0.717, 1.165) is 18.2 Å². The Hall–Kier alpha value is -0.850. The van der Waals surface area contributed by atoms with Crippen LogP contribution in [0.4, 0.5) is 5.13 Å². The summed E-state index contributed by atoms with van der Waals surface area (Å²) in [5, 5.41) is 0.999. The summed E-state index contributed by atoms with van der Waals surface area (Å²) in [6, 6.07) is 0.408. The van der Waals surface area contributed by atoms with Gasteiger partial charge in [0.1, 0.15) is 0 Å². The van der Waals surface area contributed by atoms with Gasteiger partial charge < -0.3 is 14.4 Å². The molecule has 5 nitrogen and oxygen atoms in total. The Morgan fingerprint density at radius 3 is 2.82 bits per heavy atom. The standard InChI is InChI=1S/C15H21ClN2O3S/c1-4-21-10-8-9(15(10)6-5-7-15)18(2)14-17-12(16)11(22-14)13(19)20-3/h9-10H,4-8H2,1-3H3. The van der Waals surface area contributed by atoms with Crippen LogP contribution in [0.2, 0.25) is 5.15 Å². The molecule has 1 heterocycles. The van der Waals surface area contributed by atoms with Crippen LogP contribution in [0.3, 0.4) is 0 Å². The molecule has 0 aliphatic heterocycles. The number of methoxy groups -OCH3 is 1. The van der Waals surface area contributed by atoms with Gasteiger partial charge in [-0.2, -0.15) is 0 Å². The van der Waals surface area contributed by atoms with Crippen molar-refractivity contribution in [3.05, 3.63) is 10.0 Å². The molecule has 0 amide bonds. The first-order valence-corrected chi connectivity index (χ1v) is 8.82. The number of carbonyl (C=O) groups is 1. The van der Waals surface area contributed by atoms with Gasteiger partial charge in [-0.05, 0) is 26.2 Å². The molecule has 1 spiro atoms. The first-order chi connectivity index (χ1) is 10.5. The van der Waals surface area contributed by atoms with Crippen LogP contribution in [0.5, 0.6) is 0 Å². The normalized spacial score (nSPS) is 25.5. The second kappa shape index (κ2) is 5.98. The topological polar surface area (TPSA) is 51.7 Å². The Labute approximate surface area is 139 Å². The van der Waals surface area contributed by atoms with Gasteiger partial charge in [-0.25, -0.2) is 9.78 Å². The summed E-state index contributed by atoms with van der Waals surface area (Å²) < 4.78 is 10.6. The lowest BCUT2D eigenvalue weighted by molar-refractivity contribution is -0.163. The summed E-state index contributed by atoms with van der Waals surface area (Å²) in [6.07, 6.45) is 5.04. The van der Waals surface area contributed by atoms with Crippen LogP contribution in [0.15, 0.2) is 0 Å². The van der Waals surface area contributed by atoms with Crippen LogP contribution in [0.1, 0.15) is 42.3 Å². The third kappa shape index (κ3) is 2.32. The summed E-state index contributed by atoms with van der Waals surface area (Å²) in [7, 11) is 3.38. The molecule has 2 saturated carbocycles. The van der Waals surface area contributed by atoms with Gasteiger partial charge in [0.25, 0.3) is 0 Å². The summed E-state index contributed by atoms with van der Waals surface area (Å²) >= 11 is 7.37. The minimum Gasteiger partial charge on any atom is -0.465 e. The monoisotopic (exact) mass is 344 g/mol. The van der Waals surface area contributed by atoms with Gasteiger partial charge in [-0.15, -0.1) is 0 Å². The number of thiazole rings is 1.